The van der Waals surface area contributed by atoms with Crippen LogP contribution in [0.4, 0.5) is 8.78 Å². The molecule has 2 aromatic carbocycles. The number of aryl methyl sites for hydroxylation is 1. The molecule has 9 heteroatoms. The lowest BCUT2D eigenvalue weighted by molar-refractivity contribution is 0.0391. The van der Waals surface area contributed by atoms with Crippen LogP contribution in [-0.2, 0) is 13.5 Å². The van der Waals surface area contributed by atoms with Crippen molar-refractivity contribution >= 4 is 5.91 Å². The Morgan fingerprint density at radius 2 is 1.82 bits per heavy atom. The second-order valence-electron chi connectivity index (χ2n) is 8.82. The Balaban J connectivity index is 1.43. The molecule has 2 aliphatic heterocycles. The number of halogens is 2. The van der Waals surface area contributed by atoms with Gasteiger partial charge in [0.05, 0.1) is 41.1 Å². The van der Waals surface area contributed by atoms with Crippen LogP contribution in [0, 0.1) is 11.6 Å². The predicted octanol–water partition coefficient (Wildman–Crippen LogP) is 4.24. The van der Waals surface area contributed by atoms with Crippen LogP contribution in [0.3, 0.4) is 0 Å². The number of aromatic nitrogens is 5. The van der Waals surface area contributed by atoms with Crippen LogP contribution in [0.1, 0.15) is 46.9 Å². The average Bonchev–Trinajstić information content (AvgIpc) is 3.48. The summed E-state index contributed by atoms with van der Waals surface area (Å²) in [6.07, 6.45) is 6.44. The number of amides is 1. The molecule has 1 saturated heterocycles. The molecule has 0 radical (unpaired) electrons. The molecule has 2 atom stereocenters. The molecule has 2 aliphatic rings. The van der Waals surface area contributed by atoms with Crippen LogP contribution < -0.4 is 0 Å². The third-order valence-corrected chi connectivity index (χ3v) is 6.87. The van der Waals surface area contributed by atoms with E-state index in [1.807, 2.05) is 30.1 Å². The monoisotopic (exact) mass is 460 g/mol. The highest BCUT2D eigenvalue weighted by Crippen LogP contribution is 2.45. The van der Waals surface area contributed by atoms with E-state index >= 15 is 0 Å². The van der Waals surface area contributed by atoms with Gasteiger partial charge in [-0.15, -0.1) is 0 Å². The van der Waals surface area contributed by atoms with Crippen LogP contribution in [0.2, 0.25) is 0 Å². The van der Waals surface area contributed by atoms with Crippen molar-refractivity contribution in [2.75, 3.05) is 0 Å². The van der Waals surface area contributed by atoms with Gasteiger partial charge in [-0.2, -0.15) is 20.1 Å². The number of piperidine rings is 1. The Labute approximate surface area is 194 Å². The number of hydrogen-bond donors (Lipinski definition) is 0. The van der Waals surface area contributed by atoms with Crippen LogP contribution in [0.25, 0.3) is 16.9 Å². The smallest absolute Gasteiger partial charge is 0.256 e. The normalized spacial score (nSPS) is 19.2. The second-order valence-corrected chi connectivity index (χ2v) is 8.82. The molecule has 4 heterocycles. The molecule has 7 nitrogen and oxygen atoms in total. The fourth-order valence-electron chi connectivity index (χ4n) is 5.46. The highest BCUT2D eigenvalue weighted by Gasteiger charge is 2.44. The lowest BCUT2D eigenvalue weighted by atomic mass is 9.81. The standard InChI is InChI=1S/C25H22F2N6O/c1-31-24(15-9-10-19(26)20(27)13-15)18-14-16-5-4-8-22(23(18)30-31)32(16)25(34)17-6-2-3-7-21(17)33-28-11-12-29-33/h2-3,6-7,9-13,16,22H,4-5,8,14H2,1H3/t16-,22+/m1/s1. The fraction of sp³-hybridized carbons (Fsp3) is 0.280. The van der Waals surface area contributed by atoms with Crippen molar-refractivity contribution in [3.8, 4) is 16.9 Å². The number of fused-ring (bicyclic) bond motifs is 4. The summed E-state index contributed by atoms with van der Waals surface area (Å²) in [4.78, 5) is 17.3. The van der Waals surface area contributed by atoms with Crippen LogP contribution in [-0.4, -0.2) is 41.6 Å². The van der Waals surface area contributed by atoms with Crippen molar-refractivity contribution in [3.63, 3.8) is 0 Å². The predicted molar refractivity (Wildman–Crippen MR) is 120 cm³/mol. The van der Waals surface area contributed by atoms with Gasteiger partial charge in [0, 0.05) is 24.2 Å². The van der Waals surface area contributed by atoms with Gasteiger partial charge < -0.3 is 4.90 Å². The van der Waals surface area contributed by atoms with E-state index in [4.69, 9.17) is 5.10 Å². The quantitative estimate of drug-likeness (QED) is 0.459. The van der Waals surface area contributed by atoms with Crippen LogP contribution >= 0.6 is 0 Å². The number of carbonyl (C=O) groups is 1. The molecule has 0 N–H and O–H groups in total. The summed E-state index contributed by atoms with van der Waals surface area (Å²) >= 11 is 0. The number of para-hydroxylation sites is 1. The fourth-order valence-corrected chi connectivity index (χ4v) is 5.46. The van der Waals surface area contributed by atoms with Crippen molar-refractivity contribution in [2.24, 2.45) is 7.05 Å². The average molecular weight is 460 g/mol. The molecule has 0 unspecified atom stereocenters. The lowest BCUT2D eigenvalue weighted by Gasteiger charge is -2.45. The molecule has 172 valence electrons. The molecule has 6 rings (SSSR count). The van der Waals surface area contributed by atoms with Gasteiger partial charge in [0.2, 0.25) is 0 Å². The Morgan fingerprint density at radius 3 is 2.62 bits per heavy atom. The maximum Gasteiger partial charge on any atom is 0.256 e. The molecule has 1 fully saturated rings. The number of rotatable bonds is 3. The lowest BCUT2D eigenvalue weighted by Crippen LogP contribution is -2.50. The molecule has 34 heavy (non-hydrogen) atoms. The molecule has 0 spiro atoms. The van der Waals surface area contributed by atoms with E-state index in [1.165, 1.54) is 10.9 Å². The minimum atomic E-state index is -0.885. The number of carbonyl (C=O) groups excluding carboxylic acids is 1. The Kier molecular flexibility index (Phi) is 4.79. The summed E-state index contributed by atoms with van der Waals surface area (Å²) < 4.78 is 29.3. The Hall–Kier alpha value is -3.88. The summed E-state index contributed by atoms with van der Waals surface area (Å²) in [6, 6.07) is 11.1. The van der Waals surface area contributed by atoms with Crippen molar-refractivity contribution in [1.82, 2.24) is 29.7 Å². The van der Waals surface area contributed by atoms with Crippen molar-refractivity contribution < 1.29 is 13.6 Å². The number of hydrogen-bond acceptors (Lipinski definition) is 4. The zero-order valence-corrected chi connectivity index (χ0v) is 18.5. The summed E-state index contributed by atoms with van der Waals surface area (Å²) in [6.45, 7) is 0. The zero-order valence-electron chi connectivity index (χ0n) is 18.5. The van der Waals surface area contributed by atoms with Crippen molar-refractivity contribution in [3.05, 3.63) is 83.3 Å². The van der Waals surface area contributed by atoms with Gasteiger partial charge in [0.15, 0.2) is 11.6 Å². The first-order valence-electron chi connectivity index (χ1n) is 11.3. The van der Waals surface area contributed by atoms with E-state index in [0.717, 1.165) is 42.3 Å². The van der Waals surface area contributed by atoms with Crippen molar-refractivity contribution in [2.45, 2.75) is 37.8 Å². The van der Waals surface area contributed by atoms with E-state index in [9.17, 15) is 13.6 Å². The largest absolute Gasteiger partial charge is 0.327 e. The van der Waals surface area contributed by atoms with Gasteiger partial charge in [0.1, 0.15) is 0 Å². The maximum absolute atomic E-state index is 14.0. The van der Waals surface area contributed by atoms with E-state index in [-0.39, 0.29) is 18.0 Å². The highest BCUT2D eigenvalue weighted by atomic mass is 19.2. The van der Waals surface area contributed by atoms with E-state index in [0.29, 0.717) is 23.2 Å². The van der Waals surface area contributed by atoms with E-state index in [1.54, 1.807) is 29.2 Å². The van der Waals surface area contributed by atoms with Gasteiger partial charge in [-0.3, -0.25) is 9.48 Å². The SMILES string of the molecule is Cn1nc2c(c1-c1ccc(F)c(F)c1)C[C@H]1CCC[C@@H]2N1C(=O)c1ccccc1-n1nccn1. The first-order chi connectivity index (χ1) is 16.5. The first-order valence-corrected chi connectivity index (χ1v) is 11.3. The van der Waals surface area contributed by atoms with Crippen LogP contribution in [0.15, 0.2) is 54.9 Å². The maximum atomic E-state index is 14.0. The van der Waals surface area contributed by atoms with Gasteiger partial charge in [0.25, 0.3) is 5.91 Å². The molecule has 0 saturated carbocycles. The van der Waals surface area contributed by atoms with Crippen molar-refractivity contribution in [1.29, 1.82) is 0 Å². The Morgan fingerprint density at radius 1 is 1.03 bits per heavy atom. The number of nitrogens with zero attached hydrogens (tertiary/aromatic N) is 6. The summed E-state index contributed by atoms with van der Waals surface area (Å²) in [5, 5.41) is 13.2. The second kappa shape index (κ2) is 7.86. The molecule has 2 aromatic heterocycles. The first kappa shape index (κ1) is 20.7. The minimum Gasteiger partial charge on any atom is -0.327 e. The molecular formula is C25H22F2N6O. The van der Waals surface area contributed by atoms with E-state index < -0.39 is 11.6 Å². The van der Waals surface area contributed by atoms with Gasteiger partial charge in [-0.1, -0.05) is 12.1 Å². The zero-order chi connectivity index (χ0) is 23.4. The summed E-state index contributed by atoms with van der Waals surface area (Å²) in [5.41, 5.74) is 4.37. The summed E-state index contributed by atoms with van der Waals surface area (Å²) in [5.74, 6) is -1.84. The van der Waals surface area contributed by atoms with Gasteiger partial charge in [-0.25, -0.2) is 8.78 Å². The number of benzene rings is 2. The topological polar surface area (TPSA) is 68.8 Å². The summed E-state index contributed by atoms with van der Waals surface area (Å²) in [7, 11) is 1.81. The van der Waals surface area contributed by atoms with Gasteiger partial charge in [-0.05, 0) is 56.0 Å². The van der Waals surface area contributed by atoms with Crippen LogP contribution in [0.5, 0.6) is 0 Å². The highest BCUT2D eigenvalue weighted by molar-refractivity contribution is 5.98. The Bertz CT molecular complexity index is 1400. The van der Waals surface area contributed by atoms with Gasteiger partial charge >= 0.3 is 0 Å². The molecule has 4 aromatic rings. The van der Waals surface area contributed by atoms with E-state index in [2.05, 4.69) is 10.2 Å². The molecule has 2 bridgehead atoms. The molecular weight excluding hydrogens is 438 g/mol. The minimum absolute atomic E-state index is 0.00867. The third kappa shape index (κ3) is 3.14. The third-order valence-electron chi connectivity index (χ3n) is 6.87. The molecule has 0 aliphatic carbocycles. The molecule has 1 amide bonds.